The number of nitrogens with two attached hydrogens (primary N) is 1. The zero-order valence-electron chi connectivity index (χ0n) is 13.4. The molecule has 116 valence electrons. The fourth-order valence-electron chi connectivity index (χ4n) is 2.96. The molecule has 1 aromatic carbocycles. The second-order valence-electron chi connectivity index (χ2n) is 6.45. The van der Waals surface area contributed by atoms with Gasteiger partial charge in [-0.05, 0) is 25.0 Å². The minimum Gasteiger partial charge on any atom is -0.378 e. The maximum atomic E-state index is 12.5. The number of aryl methyl sites for hydroxylation is 1. The van der Waals surface area contributed by atoms with Gasteiger partial charge in [-0.1, -0.05) is 38.1 Å². The number of carbonyl (C=O) groups excluding carboxylic acids is 1. The maximum absolute atomic E-state index is 12.5. The van der Waals surface area contributed by atoms with Crippen LogP contribution in [0.2, 0.25) is 0 Å². The van der Waals surface area contributed by atoms with Gasteiger partial charge in [-0.15, -0.1) is 0 Å². The van der Waals surface area contributed by atoms with Gasteiger partial charge in [0.2, 0.25) is 5.91 Å². The molecule has 1 aromatic rings. The highest BCUT2D eigenvalue weighted by Gasteiger charge is 2.62. The second kappa shape index (κ2) is 5.78. The molecule has 2 atom stereocenters. The third kappa shape index (κ3) is 2.70. The normalized spacial score (nSPS) is 27.0. The SMILES string of the molecule is CCOC1CC(N)(C(=O)NCc2ccccc2C)C1(C)C. The van der Waals surface area contributed by atoms with Crippen molar-refractivity contribution in [2.75, 3.05) is 6.61 Å². The van der Waals surface area contributed by atoms with Gasteiger partial charge < -0.3 is 15.8 Å². The van der Waals surface area contributed by atoms with Crippen molar-refractivity contribution in [3.63, 3.8) is 0 Å². The van der Waals surface area contributed by atoms with E-state index in [0.29, 0.717) is 19.6 Å². The molecular formula is C17H26N2O2. The van der Waals surface area contributed by atoms with Gasteiger partial charge in [0, 0.05) is 25.0 Å². The van der Waals surface area contributed by atoms with Gasteiger partial charge >= 0.3 is 0 Å². The van der Waals surface area contributed by atoms with E-state index in [1.807, 2.05) is 52.0 Å². The van der Waals surface area contributed by atoms with E-state index in [1.54, 1.807) is 0 Å². The summed E-state index contributed by atoms with van der Waals surface area (Å²) in [5, 5.41) is 2.98. The van der Waals surface area contributed by atoms with E-state index in [1.165, 1.54) is 5.56 Å². The summed E-state index contributed by atoms with van der Waals surface area (Å²) in [5.74, 6) is -0.0910. The van der Waals surface area contributed by atoms with Crippen LogP contribution in [0.15, 0.2) is 24.3 Å². The first-order valence-corrected chi connectivity index (χ1v) is 7.56. The summed E-state index contributed by atoms with van der Waals surface area (Å²) in [6, 6.07) is 8.03. The van der Waals surface area contributed by atoms with Crippen LogP contribution < -0.4 is 11.1 Å². The minimum absolute atomic E-state index is 0.0525. The zero-order chi connectivity index (χ0) is 15.7. The van der Waals surface area contributed by atoms with Crippen LogP contribution in [0.4, 0.5) is 0 Å². The van der Waals surface area contributed by atoms with Crippen molar-refractivity contribution in [3.05, 3.63) is 35.4 Å². The molecule has 2 unspecified atom stereocenters. The van der Waals surface area contributed by atoms with Crippen LogP contribution in [0.1, 0.15) is 38.3 Å². The molecule has 1 amide bonds. The van der Waals surface area contributed by atoms with Gasteiger partial charge in [0.25, 0.3) is 0 Å². The molecule has 0 saturated heterocycles. The number of carbonyl (C=O) groups is 1. The number of rotatable bonds is 5. The summed E-state index contributed by atoms with van der Waals surface area (Å²) in [6.45, 7) is 9.17. The zero-order valence-corrected chi connectivity index (χ0v) is 13.4. The largest absolute Gasteiger partial charge is 0.378 e. The topological polar surface area (TPSA) is 64.3 Å². The molecule has 0 aromatic heterocycles. The molecule has 1 fully saturated rings. The van der Waals surface area contributed by atoms with Crippen molar-refractivity contribution < 1.29 is 9.53 Å². The number of hydrogen-bond acceptors (Lipinski definition) is 3. The molecule has 21 heavy (non-hydrogen) atoms. The first kappa shape index (κ1) is 16.0. The van der Waals surface area contributed by atoms with E-state index >= 15 is 0 Å². The van der Waals surface area contributed by atoms with Gasteiger partial charge in [-0.25, -0.2) is 0 Å². The lowest BCUT2D eigenvalue weighted by Crippen LogP contribution is -2.75. The number of nitrogens with one attached hydrogen (secondary N) is 1. The third-order valence-electron chi connectivity index (χ3n) is 4.94. The predicted octanol–water partition coefficient (Wildman–Crippen LogP) is 2.14. The smallest absolute Gasteiger partial charge is 0.241 e. The number of amides is 1. The first-order chi connectivity index (χ1) is 9.83. The van der Waals surface area contributed by atoms with Crippen LogP contribution in [0.3, 0.4) is 0 Å². The molecule has 0 radical (unpaired) electrons. The Hall–Kier alpha value is -1.39. The van der Waals surface area contributed by atoms with Gasteiger partial charge in [0.15, 0.2) is 0 Å². The lowest BCUT2D eigenvalue weighted by Gasteiger charge is -2.57. The highest BCUT2D eigenvalue weighted by atomic mass is 16.5. The summed E-state index contributed by atoms with van der Waals surface area (Å²) in [6.07, 6.45) is 0.629. The highest BCUT2D eigenvalue weighted by molar-refractivity contribution is 5.88. The van der Waals surface area contributed by atoms with Crippen LogP contribution in [0.5, 0.6) is 0 Å². The molecule has 3 N–H and O–H groups in total. The third-order valence-corrected chi connectivity index (χ3v) is 4.94. The Bertz CT molecular complexity index is 527. The molecule has 1 aliphatic carbocycles. The summed E-state index contributed by atoms with van der Waals surface area (Å²) in [5.41, 5.74) is 7.44. The number of hydrogen-bond donors (Lipinski definition) is 2. The van der Waals surface area contributed by atoms with Crippen LogP contribution in [-0.4, -0.2) is 24.2 Å². The molecule has 0 bridgehead atoms. The summed E-state index contributed by atoms with van der Waals surface area (Å²) >= 11 is 0. The Balaban J connectivity index is 2.00. The lowest BCUT2D eigenvalue weighted by atomic mass is 9.54. The van der Waals surface area contributed by atoms with Crippen molar-refractivity contribution in [3.8, 4) is 0 Å². The van der Waals surface area contributed by atoms with Gasteiger partial charge in [-0.3, -0.25) is 4.79 Å². The fourth-order valence-corrected chi connectivity index (χ4v) is 2.96. The Kier molecular flexibility index (Phi) is 4.40. The first-order valence-electron chi connectivity index (χ1n) is 7.56. The van der Waals surface area contributed by atoms with Gasteiger partial charge in [-0.2, -0.15) is 0 Å². The lowest BCUT2D eigenvalue weighted by molar-refractivity contribution is -0.170. The van der Waals surface area contributed by atoms with Crippen molar-refractivity contribution in [1.82, 2.24) is 5.32 Å². The summed E-state index contributed by atoms with van der Waals surface area (Å²) in [7, 11) is 0. The van der Waals surface area contributed by atoms with E-state index in [-0.39, 0.29) is 17.4 Å². The van der Waals surface area contributed by atoms with Crippen LogP contribution in [0, 0.1) is 12.3 Å². The van der Waals surface area contributed by atoms with E-state index in [9.17, 15) is 4.79 Å². The van der Waals surface area contributed by atoms with Crippen molar-refractivity contribution in [1.29, 1.82) is 0 Å². The Morgan fingerprint density at radius 1 is 1.43 bits per heavy atom. The molecule has 4 heteroatoms. The molecule has 0 aliphatic heterocycles. The Morgan fingerprint density at radius 3 is 2.67 bits per heavy atom. The molecule has 1 aliphatic rings. The highest BCUT2D eigenvalue weighted by Crippen LogP contribution is 2.49. The monoisotopic (exact) mass is 290 g/mol. The molecular weight excluding hydrogens is 264 g/mol. The van der Waals surface area contributed by atoms with Gasteiger partial charge in [0.1, 0.15) is 5.54 Å². The van der Waals surface area contributed by atoms with E-state index in [4.69, 9.17) is 10.5 Å². The molecule has 1 saturated carbocycles. The minimum atomic E-state index is -0.852. The molecule has 0 spiro atoms. The van der Waals surface area contributed by atoms with Gasteiger partial charge in [0.05, 0.1) is 6.10 Å². The number of ether oxygens (including phenoxy) is 1. The molecule has 4 nitrogen and oxygen atoms in total. The fraction of sp³-hybridized carbons (Fsp3) is 0.588. The van der Waals surface area contributed by atoms with E-state index in [0.717, 1.165) is 5.56 Å². The van der Waals surface area contributed by atoms with Crippen molar-refractivity contribution in [2.45, 2.75) is 52.3 Å². The van der Waals surface area contributed by atoms with E-state index < -0.39 is 5.54 Å². The Morgan fingerprint density at radius 2 is 2.10 bits per heavy atom. The standard InChI is InChI=1S/C17H26N2O2/c1-5-21-14-10-17(18,16(14,3)4)15(20)19-11-13-9-7-6-8-12(13)2/h6-9,14H,5,10-11,18H2,1-4H3,(H,19,20). The average Bonchev–Trinajstić information content (AvgIpc) is 2.45. The molecule has 0 heterocycles. The maximum Gasteiger partial charge on any atom is 0.241 e. The van der Waals surface area contributed by atoms with Crippen molar-refractivity contribution >= 4 is 5.91 Å². The van der Waals surface area contributed by atoms with Crippen LogP contribution >= 0.6 is 0 Å². The number of benzene rings is 1. The average molecular weight is 290 g/mol. The summed E-state index contributed by atoms with van der Waals surface area (Å²) < 4.78 is 5.66. The predicted molar refractivity (Wildman–Crippen MR) is 83.8 cm³/mol. The second-order valence-corrected chi connectivity index (χ2v) is 6.45. The van der Waals surface area contributed by atoms with E-state index in [2.05, 4.69) is 5.32 Å². The molecule has 2 rings (SSSR count). The Labute approximate surface area is 127 Å². The summed E-state index contributed by atoms with van der Waals surface area (Å²) in [4.78, 5) is 12.5. The van der Waals surface area contributed by atoms with Crippen LogP contribution in [-0.2, 0) is 16.1 Å². The van der Waals surface area contributed by atoms with Crippen molar-refractivity contribution in [2.24, 2.45) is 11.1 Å². The van der Waals surface area contributed by atoms with Crippen LogP contribution in [0.25, 0.3) is 0 Å². The quantitative estimate of drug-likeness (QED) is 0.873.